The fourth-order valence-corrected chi connectivity index (χ4v) is 1.18. The van der Waals surface area contributed by atoms with Crippen molar-refractivity contribution in [2.75, 3.05) is 12.3 Å². The molecule has 2 heteroatoms. The van der Waals surface area contributed by atoms with Gasteiger partial charge >= 0.3 is 0 Å². The minimum atomic E-state index is 0.626. The average Bonchev–Trinajstić information content (AvgIpc) is 2.06. The molecule has 0 radical (unpaired) electrons. The van der Waals surface area contributed by atoms with Crippen LogP contribution in [0, 0.1) is 0 Å². The van der Waals surface area contributed by atoms with Crippen LogP contribution in [0.25, 0.3) is 6.08 Å². The molecule has 1 aromatic carbocycles. The van der Waals surface area contributed by atoms with Crippen LogP contribution in [0.1, 0.15) is 5.56 Å². The third-order valence-electron chi connectivity index (χ3n) is 1.70. The number of benzene rings is 1. The quantitative estimate of drug-likeness (QED) is 0.566. The Bertz CT molecular complexity index is 304. The van der Waals surface area contributed by atoms with Crippen molar-refractivity contribution in [2.24, 2.45) is 0 Å². The van der Waals surface area contributed by atoms with Crippen LogP contribution in [0.15, 0.2) is 24.3 Å². The van der Waals surface area contributed by atoms with Gasteiger partial charge < -0.3 is 10.5 Å². The molecule has 0 aliphatic carbocycles. The Hall–Kier alpha value is -1.44. The van der Waals surface area contributed by atoms with Crippen LogP contribution in [0.3, 0.4) is 0 Å². The van der Waals surface area contributed by atoms with E-state index in [1.54, 1.807) is 0 Å². The first-order chi connectivity index (χ1) is 5.38. The summed E-state index contributed by atoms with van der Waals surface area (Å²) in [6.07, 6.45) is 4.00. The zero-order valence-electron chi connectivity index (χ0n) is 6.08. The van der Waals surface area contributed by atoms with Crippen LogP contribution in [0.5, 0.6) is 5.75 Å². The Kier molecular flexibility index (Phi) is 1.32. The van der Waals surface area contributed by atoms with Gasteiger partial charge in [-0.05, 0) is 12.1 Å². The van der Waals surface area contributed by atoms with Gasteiger partial charge in [0.15, 0.2) is 0 Å². The number of anilines is 1. The molecule has 11 heavy (non-hydrogen) atoms. The average molecular weight is 147 g/mol. The van der Waals surface area contributed by atoms with Crippen LogP contribution < -0.4 is 10.5 Å². The van der Waals surface area contributed by atoms with E-state index in [0.29, 0.717) is 12.3 Å². The second kappa shape index (κ2) is 2.31. The van der Waals surface area contributed by atoms with Gasteiger partial charge in [0.05, 0.1) is 5.69 Å². The molecule has 0 bridgehead atoms. The number of hydrogen-bond donors (Lipinski definition) is 1. The summed E-state index contributed by atoms with van der Waals surface area (Å²) >= 11 is 0. The minimum Gasteiger partial charge on any atom is -0.487 e. The molecule has 2 nitrogen and oxygen atoms in total. The lowest BCUT2D eigenvalue weighted by atomic mass is 10.1. The lowest BCUT2D eigenvalue weighted by Gasteiger charge is -2.13. The Morgan fingerprint density at radius 1 is 1.36 bits per heavy atom. The number of nitrogens with two attached hydrogens (primary N) is 1. The number of rotatable bonds is 0. The molecule has 56 valence electrons. The molecule has 1 heterocycles. The van der Waals surface area contributed by atoms with E-state index in [9.17, 15) is 0 Å². The zero-order valence-corrected chi connectivity index (χ0v) is 6.08. The van der Waals surface area contributed by atoms with Gasteiger partial charge in [-0.2, -0.15) is 0 Å². The topological polar surface area (TPSA) is 35.2 Å². The second-order valence-electron chi connectivity index (χ2n) is 2.48. The Morgan fingerprint density at radius 3 is 3.09 bits per heavy atom. The van der Waals surface area contributed by atoms with E-state index in [1.807, 2.05) is 30.4 Å². The Balaban J connectivity index is 2.60. The van der Waals surface area contributed by atoms with Crippen molar-refractivity contribution >= 4 is 11.8 Å². The number of nitrogen functional groups attached to an aromatic ring is 1. The molecule has 0 atom stereocenters. The first-order valence-corrected chi connectivity index (χ1v) is 3.56. The van der Waals surface area contributed by atoms with Crippen LogP contribution in [0.4, 0.5) is 5.69 Å². The summed E-state index contributed by atoms with van der Waals surface area (Å²) in [5.41, 5.74) is 7.46. The van der Waals surface area contributed by atoms with E-state index < -0.39 is 0 Å². The summed E-state index contributed by atoms with van der Waals surface area (Å²) < 4.78 is 5.34. The van der Waals surface area contributed by atoms with Gasteiger partial charge in [0.2, 0.25) is 0 Å². The van der Waals surface area contributed by atoms with E-state index in [2.05, 4.69) is 0 Å². The van der Waals surface area contributed by atoms with Gasteiger partial charge in [0.1, 0.15) is 12.4 Å². The largest absolute Gasteiger partial charge is 0.487 e. The van der Waals surface area contributed by atoms with Crippen molar-refractivity contribution < 1.29 is 4.74 Å². The zero-order chi connectivity index (χ0) is 7.68. The summed E-state index contributed by atoms with van der Waals surface area (Å²) in [5.74, 6) is 0.815. The van der Waals surface area contributed by atoms with E-state index in [1.165, 1.54) is 0 Å². The second-order valence-corrected chi connectivity index (χ2v) is 2.48. The van der Waals surface area contributed by atoms with Gasteiger partial charge in [0, 0.05) is 5.56 Å². The summed E-state index contributed by atoms with van der Waals surface area (Å²) in [6, 6.07) is 5.76. The van der Waals surface area contributed by atoms with Crippen molar-refractivity contribution in [1.82, 2.24) is 0 Å². The number of fused-ring (bicyclic) bond motifs is 1. The highest BCUT2D eigenvalue weighted by molar-refractivity contribution is 5.68. The van der Waals surface area contributed by atoms with E-state index in [0.717, 1.165) is 11.3 Å². The van der Waals surface area contributed by atoms with Crippen molar-refractivity contribution in [2.45, 2.75) is 0 Å². The van der Waals surface area contributed by atoms with Gasteiger partial charge in [0.25, 0.3) is 0 Å². The molecule has 0 saturated heterocycles. The first kappa shape index (κ1) is 6.28. The van der Waals surface area contributed by atoms with Gasteiger partial charge in [-0.25, -0.2) is 0 Å². The molecule has 0 spiro atoms. The highest BCUT2D eigenvalue weighted by Crippen LogP contribution is 2.29. The normalized spacial score (nSPS) is 13.8. The third-order valence-corrected chi connectivity index (χ3v) is 1.70. The maximum atomic E-state index is 5.68. The molecule has 2 N–H and O–H groups in total. The number of hydrogen-bond acceptors (Lipinski definition) is 2. The molecule has 1 aliphatic heterocycles. The number of ether oxygens (including phenoxy) is 1. The number of para-hydroxylation sites is 1. The molecular formula is C9H9NO. The van der Waals surface area contributed by atoms with Crippen molar-refractivity contribution in [3.8, 4) is 5.75 Å². The molecule has 1 aliphatic rings. The summed E-state index contributed by atoms with van der Waals surface area (Å²) in [6.45, 7) is 0.626. The lowest BCUT2D eigenvalue weighted by Crippen LogP contribution is -2.02. The van der Waals surface area contributed by atoms with Crippen LogP contribution in [-0.4, -0.2) is 6.61 Å². The fraction of sp³-hybridized carbons (Fsp3) is 0.111. The van der Waals surface area contributed by atoms with Gasteiger partial charge in [-0.3, -0.25) is 0 Å². The lowest BCUT2D eigenvalue weighted by molar-refractivity contribution is 0.360. The highest BCUT2D eigenvalue weighted by atomic mass is 16.5. The third kappa shape index (κ3) is 0.963. The summed E-state index contributed by atoms with van der Waals surface area (Å²) in [7, 11) is 0. The maximum absolute atomic E-state index is 5.68. The summed E-state index contributed by atoms with van der Waals surface area (Å²) in [5, 5.41) is 0. The first-order valence-electron chi connectivity index (χ1n) is 3.56. The Morgan fingerprint density at radius 2 is 2.27 bits per heavy atom. The van der Waals surface area contributed by atoms with E-state index >= 15 is 0 Å². The van der Waals surface area contributed by atoms with Crippen molar-refractivity contribution in [1.29, 1.82) is 0 Å². The van der Waals surface area contributed by atoms with Crippen molar-refractivity contribution in [3.63, 3.8) is 0 Å². The van der Waals surface area contributed by atoms with Crippen molar-refractivity contribution in [3.05, 3.63) is 29.8 Å². The van der Waals surface area contributed by atoms with Crippen LogP contribution in [-0.2, 0) is 0 Å². The monoisotopic (exact) mass is 147 g/mol. The molecular weight excluding hydrogens is 138 g/mol. The van der Waals surface area contributed by atoms with Crippen LogP contribution >= 0.6 is 0 Å². The predicted octanol–water partition coefficient (Wildman–Crippen LogP) is 1.67. The minimum absolute atomic E-state index is 0.626. The van der Waals surface area contributed by atoms with E-state index in [-0.39, 0.29) is 0 Å². The van der Waals surface area contributed by atoms with Crippen LogP contribution in [0.2, 0.25) is 0 Å². The molecule has 0 fully saturated rings. The molecule has 0 saturated carbocycles. The van der Waals surface area contributed by atoms with Gasteiger partial charge in [-0.15, -0.1) is 0 Å². The molecule has 0 aromatic heterocycles. The predicted molar refractivity (Wildman–Crippen MR) is 45.4 cm³/mol. The maximum Gasteiger partial charge on any atom is 0.149 e. The fourth-order valence-electron chi connectivity index (χ4n) is 1.18. The SMILES string of the molecule is Nc1cccc2c1OCC=C2. The Labute approximate surface area is 65.3 Å². The highest BCUT2D eigenvalue weighted by Gasteiger charge is 2.06. The molecule has 2 rings (SSSR count). The molecule has 0 amide bonds. The van der Waals surface area contributed by atoms with Gasteiger partial charge in [-0.1, -0.05) is 18.2 Å². The summed E-state index contributed by atoms with van der Waals surface area (Å²) in [4.78, 5) is 0. The smallest absolute Gasteiger partial charge is 0.149 e. The standard InChI is InChI=1S/C9H9NO/c10-8-5-1-3-7-4-2-6-11-9(7)8/h1-5H,6,10H2. The molecule has 0 unspecified atom stereocenters. The molecule has 1 aromatic rings. The van der Waals surface area contributed by atoms with E-state index in [4.69, 9.17) is 10.5 Å².